The van der Waals surface area contributed by atoms with Crippen molar-refractivity contribution in [1.29, 1.82) is 5.26 Å². The summed E-state index contributed by atoms with van der Waals surface area (Å²) in [7, 11) is 0. The van der Waals surface area contributed by atoms with Crippen molar-refractivity contribution in [3.8, 4) is 6.07 Å². The Morgan fingerprint density at radius 1 is 1.24 bits per heavy atom. The van der Waals surface area contributed by atoms with Crippen LogP contribution in [0, 0.1) is 17.2 Å². The summed E-state index contributed by atoms with van der Waals surface area (Å²) >= 11 is 0. The normalized spacial score (nSPS) is 15.3. The standard InChI is InChI=1S/C14H29N3/c1-12(2)10-17(13(3)4)9-7-6-8-14(5,16)11-15/h12-13H,6-10,16H2,1-5H3. The van der Waals surface area contributed by atoms with Crippen LogP contribution in [0.3, 0.4) is 0 Å². The number of nitrogens with zero attached hydrogens (tertiary/aromatic N) is 2. The predicted octanol–water partition coefficient (Wildman–Crippen LogP) is 2.76. The van der Waals surface area contributed by atoms with Crippen molar-refractivity contribution in [1.82, 2.24) is 4.90 Å². The van der Waals surface area contributed by atoms with Gasteiger partial charge in [-0.2, -0.15) is 5.26 Å². The van der Waals surface area contributed by atoms with E-state index in [2.05, 4.69) is 38.7 Å². The lowest BCUT2D eigenvalue weighted by atomic mass is 9.98. The van der Waals surface area contributed by atoms with Crippen LogP contribution in [0.2, 0.25) is 0 Å². The van der Waals surface area contributed by atoms with Gasteiger partial charge in [0.1, 0.15) is 5.54 Å². The highest BCUT2D eigenvalue weighted by molar-refractivity contribution is 5.00. The molecule has 0 aliphatic rings. The van der Waals surface area contributed by atoms with Crippen molar-refractivity contribution in [2.75, 3.05) is 13.1 Å². The third-order valence-electron chi connectivity index (χ3n) is 2.98. The van der Waals surface area contributed by atoms with E-state index in [4.69, 9.17) is 11.0 Å². The molecule has 0 saturated heterocycles. The average Bonchev–Trinajstić information content (AvgIpc) is 2.21. The minimum atomic E-state index is -0.652. The van der Waals surface area contributed by atoms with E-state index >= 15 is 0 Å². The molecule has 0 aromatic heterocycles. The van der Waals surface area contributed by atoms with Crippen molar-refractivity contribution < 1.29 is 0 Å². The summed E-state index contributed by atoms with van der Waals surface area (Å²) in [5, 5.41) is 8.82. The van der Waals surface area contributed by atoms with Crippen LogP contribution in [0.1, 0.15) is 53.9 Å². The van der Waals surface area contributed by atoms with Crippen molar-refractivity contribution in [3.63, 3.8) is 0 Å². The number of hydrogen-bond donors (Lipinski definition) is 1. The summed E-state index contributed by atoms with van der Waals surface area (Å²) in [6.45, 7) is 13.0. The first-order valence-electron chi connectivity index (χ1n) is 6.72. The fraction of sp³-hybridized carbons (Fsp3) is 0.929. The lowest BCUT2D eigenvalue weighted by molar-refractivity contribution is 0.192. The maximum absolute atomic E-state index is 8.82. The number of nitriles is 1. The van der Waals surface area contributed by atoms with Gasteiger partial charge in [-0.15, -0.1) is 0 Å². The smallest absolute Gasteiger partial charge is 0.101 e. The summed E-state index contributed by atoms with van der Waals surface area (Å²) in [6, 6.07) is 2.74. The van der Waals surface area contributed by atoms with E-state index in [1.807, 2.05) is 0 Å². The van der Waals surface area contributed by atoms with E-state index in [1.165, 1.54) is 0 Å². The Labute approximate surface area is 107 Å². The Kier molecular flexibility index (Phi) is 7.41. The molecule has 1 unspecified atom stereocenters. The first-order valence-corrected chi connectivity index (χ1v) is 6.72. The van der Waals surface area contributed by atoms with Gasteiger partial charge in [0, 0.05) is 12.6 Å². The first kappa shape index (κ1) is 16.4. The minimum Gasteiger partial charge on any atom is -0.314 e. The van der Waals surface area contributed by atoms with Crippen molar-refractivity contribution in [2.45, 2.75) is 65.5 Å². The Balaban J connectivity index is 3.88. The lowest BCUT2D eigenvalue weighted by Gasteiger charge is -2.28. The van der Waals surface area contributed by atoms with Gasteiger partial charge in [0.05, 0.1) is 6.07 Å². The summed E-state index contributed by atoms with van der Waals surface area (Å²) < 4.78 is 0. The summed E-state index contributed by atoms with van der Waals surface area (Å²) in [5.74, 6) is 0.705. The fourth-order valence-corrected chi connectivity index (χ4v) is 1.89. The highest BCUT2D eigenvalue weighted by Gasteiger charge is 2.17. The SMILES string of the molecule is CC(C)CN(CCCCC(C)(N)C#N)C(C)C. The van der Waals surface area contributed by atoms with Crippen LogP contribution in [0.5, 0.6) is 0 Å². The Morgan fingerprint density at radius 3 is 2.24 bits per heavy atom. The molecule has 1 atom stereocenters. The van der Waals surface area contributed by atoms with Gasteiger partial charge in [0.15, 0.2) is 0 Å². The molecule has 0 rings (SSSR count). The average molecular weight is 239 g/mol. The van der Waals surface area contributed by atoms with E-state index < -0.39 is 5.54 Å². The largest absolute Gasteiger partial charge is 0.314 e. The molecule has 17 heavy (non-hydrogen) atoms. The topological polar surface area (TPSA) is 53.0 Å². The van der Waals surface area contributed by atoms with Crippen LogP contribution in [0.25, 0.3) is 0 Å². The molecule has 0 aliphatic carbocycles. The molecule has 0 amide bonds. The Bertz CT molecular complexity index is 238. The molecule has 0 aromatic carbocycles. The van der Waals surface area contributed by atoms with Gasteiger partial charge in [0.25, 0.3) is 0 Å². The molecule has 2 N–H and O–H groups in total. The van der Waals surface area contributed by atoms with Crippen molar-refractivity contribution >= 4 is 0 Å². The second kappa shape index (κ2) is 7.68. The quantitative estimate of drug-likeness (QED) is 0.663. The molecule has 0 radical (unpaired) electrons. The predicted molar refractivity (Wildman–Crippen MR) is 73.6 cm³/mol. The molecule has 0 saturated carbocycles. The van der Waals surface area contributed by atoms with Gasteiger partial charge >= 0.3 is 0 Å². The molecular weight excluding hydrogens is 210 g/mol. The van der Waals surface area contributed by atoms with Crippen molar-refractivity contribution in [3.05, 3.63) is 0 Å². The summed E-state index contributed by atoms with van der Waals surface area (Å²) in [6.07, 6.45) is 2.94. The van der Waals surface area contributed by atoms with Crippen LogP contribution in [-0.2, 0) is 0 Å². The van der Waals surface area contributed by atoms with E-state index in [0.29, 0.717) is 12.0 Å². The zero-order valence-electron chi connectivity index (χ0n) is 12.2. The second-order valence-corrected chi connectivity index (χ2v) is 5.97. The van der Waals surface area contributed by atoms with Gasteiger partial charge in [-0.05, 0) is 52.5 Å². The van der Waals surface area contributed by atoms with Crippen LogP contribution in [-0.4, -0.2) is 29.6 Å². The van der Waals surface area contributed by atoms with E-state index in [9.17, 15) is 0 Å². The monoisotopic (exact) mass is 239 g/mol. The van der Waals surface area contributed by atoms with Gasteiger partial charge in [-0.25, -0.2) is 0 Å². The molecular formula is C14H29N3. The Morgan fingerprint density at radius 2 is 1.82 bits per heavy atom. The van der Waals surface area contributed by atoms with Crippen molar-refractivity contribution in [2.24, 2.45) is 11.7 Å². The lowest BCUT2D eigenvalue weighted by Crippen LogP contribution is -2.36. The van der Waals surface area contributed by atoms with Gasteiger partial charge < -0.3 is 10.6 Å². The second-order valence-electron chi connectivity index (χ2n) is 5.97. The summed E-state index contributed by atoms with van der Waals surface area (Å²) in [5.41, 5.74) is 5.15. The molecule has 0 spiro atoms. The number of nitrogens with two attached hydrogens (primary N) is 1. The zero-order chi connectivity index (χ0) is 13.5. The number of hydrogen-bond acceptors (Lipinski definition) is 3. The van der Waals surface area contributed by atoms with Gasteiger partial charge in [-0.1, -0.05) is 13.8 Å². The third kappa shape index (κ3) is 8.18. The van der Waals surface area contributed by atoms with E-state index in [0.717, 1.165) is 32.4 Å². The summed E-state index contributed by atoms with van der Waals surface area (Å²) in [4.78, 5) is 2.50. The highest BCUT2D eigenvalue weighted by atomic mass is 15.1. The third-order valence-corrected chi connectivity index (χ3v) is 2.98. The molecule has 0 bridgehead atoms. The van der Waals surface area contributed by atoms with Crippen LogP contribution in [0.15, 0.2) is 0 Å². The number of rotatable bonds is 8. The maximum Gasteiger partial charge on any atom is 0.101 e. The minimum absolute atomic E-state index is 0.595. The zero-order valence-corrected chi connectivity index (χ0v) is 12.2. The molecule has 3 nitrogen and oxygen atoms in total. The van der Waals surface area contributed by atoms with Crippen LogP contribution in [0.4, 0.5) is 0 Å². The van der Waals surface area contributed by atoms with E-state index in [1.54, 1.807) is 6.92 Å². The van der Waals surface area contributed by atoms with Gasteiger partial charge in [-0.3, -0.25) is 0 Å². The Hall–Kier alpha value is -0.590. The van der Waals surface area contributed by atoms with Crippen LogP contribution < -0.4 is 5.73 Å². The molecule has 0 aliphatic heterocycles. The highest BCUT2D eigenvalue weighted by Crippen LogP contribution is 2.11. The molecule has 100 valence electrons. The van der Waals surface area contributed by atoms with E-state index in [-0.39, 0.29) is 0 Å². The molecule has 0 fully saturated rings. The fourth-order valence-electron chi connectivity index (χ4n) is 1.89. The maximum atomic E-state index is 8.82. The van der Waals surface area contributed by atoms with Crippen LogP contribution >= 0.6 is 0 Å². The molecule has 3 heteroatoms. The molecule has 0 heterocycles. The molecule has 0 aromatic rings. The number of unbranched alkanes of at least 4 members (excludes halogenated alkanes) is 1. The van der Waals surface area contributed by atoms with Gasteiger partial charge in [0.2, 0.25) is 0 Å². The first-order chi connectivity index (χ1) is 7.78.